The van der Waals surface area contributed by atoms with Gasteiger partial charge in [-0.25, -0.2) is 0 Å². The van der Waals surface area contributed by atoms with Crippen LogP contribution in [0, 0.1) is 41.5 Å². The summed E-state index contributed by atoms with van der Waals surface area (Å²) in [5, 5.41) is 0. The van der Waals surface area contributed by atoms with E-state index in [1.54, 1.807) is 6.07 Å². The zero-order chi connectivity index (χ0) is 32.6. The zero-order valence-electron chi connectivity index (χ0n) is 28.2. The molecule has 0 amide bonds. The van der Waals surface area contributed by atoms with Gasteiger partial charge in [-0.2, -0.15) is 0 Å². The molecule has 0 aliphatic heterocycles. The lowest BCUT2D eigenvalue weighted by molar-refractivity contribution is 0.479. The van der Waals surface area contributed by atoms with Gasteiger partial charge in [0.2, 0.25) is 0 Å². The van der Waals surface area contributed by atoms with Gasteiger partial charge in [0.15, 0.2) is 0 Å². The van der Waals surface area contributed by atoms with Crippen LogP contribution in [-0.4, -0.2) is 9.97 Å². The molecule has 0 aliphatic rings. The quantitative estimate of drug-likeness (QED) is 0.202. The van der Waals surface area contributed by atoms with Crippen molar-refractivity contribution in [2.75, 3.05) is 0 Å². The molecule has 43 heavy (non-hydrogen) atoms. The monoisotopic (exact) mass is 563 g/mol. The Morgan fingerprint density at radius 3 is 2.02 bits per heavy atom. The molecule has 0 saturated heterocycles. The second kappa shape index (κ2) is 11.7. The molecule has 0 fully saturated rings. The third-order valence-corrected chi connectivity index (χ3v) is 7.99. The average Bonchev–Trinajstić information content (AvgIpc) is 3.02. The highest BCUT2D eigenvalue weighted by Crippen LogP contribution is 2.39. The molecular weight excluding hydrogens is 524 g/mol. The smallest absolute Gasteiger partial charge is 0.131 e. The van der Waals surface area contributed by atoms with Crippen molar-refractivity contribution in [1.82, 2.24) is 9.97 Å². The van der Waals surface area contributed by atoms with E-state index in [2.05, 4.69) is 50.0 Å². The van der Waals surface area contributed by atoms with Crippen LogP contribution in [0.25, 0.3) is 44.8 Å². The fraction of sp³-hybridized carbons (Fsp3) is 0.150. The summed E-state index contributed by atoms with van der Waals surface area (Å²) >= 11 is 0. The van der Waals surface area contributed by atoms with Crippen LogP contribution < -0.4 is 4.74 Å². The highest BCUT2D eigenvalue weighted by molar-refractivity contribution is 5.78. The van der Waals surface area contributed by atoms with Crippen molar-refractivity contribution >= 4 is 0 Å². The summed E-state index contributed by atoms with van der Waals surface area (Å²) in [6, 6.07) is 31.5. The SMILES string of the molecule is [2H]C([2H])([2H])c1c(Oc2cccc(-c3cc(-c4ccc(C)cc4C)c(C)cn3)c2)cc(-c2cc(C)c(C)cn2)cc1-c1ccccc1. The number of aromatic nitrogens is 2. The van der Waals surface area contributed by atoms with E-state index < -0.39 is 6.85 Å². The lowest BCUT2D eigenvalue weighted by Crippen LogP contribution is -1.95. The molecule has 0 atom stereocenters. The molecule has 212 valence electrons. The van der Waals surface area contributed by atoms with Crippen molar-refractivity contribution in [2.45, 2.75) is 41.5 Å². The van der Waals surface area contributed by atoms with E-state index in [0.29, 0.717) is 11.3 Å². The van der Waals surface area contributed by atoms with E-state index in [4.69, 9.17) is 13.8 Å². The van der Waals surface area contributed by atoms with E-state index in [-0.39, 0.29) is 11.3 Å². The van der Waals surface area contributed by atoms with Gasteiger partial charge >= 0.3 is 0 Å². The minimum Gasteiger partial charge on any atom is -0.457 e. The Bertz CT molecular complexity index is 2070. The topological polar surface area (TPSA) is 35.0 Å². The summed E-state index contributed by atoms with van der Waals surface area (Å²) in [6.07, 6.45) is 3.74. The van der Waals surface area contributed by atoms with Crippen molar-refractivity contribution in [2.24, 2.45) is 0 Å². The molecule has 3 nitrogen and oxygen atoms in total. The van der Waals surface area contributed by atoms with Crippen LogP contribution >= 0.6 is 0 Å². The molecular formula is C40H36N2O. The molecule has 0 bridgehead atoms. The Morgan fingerprint density at radius 2 is 1.28 bits per heavy atom. The number of hydrogen-bond donors (Lipinski definition) is 0. The molecule has 0 N–H and O–H groups in total. The fourth-order valence-corrected chi connectivity index (χ4v) is 5.40. The van der Waals surface area contributed by atoms with Crippen LogP contribution in [0.2, 0.25) is 0 Å². The maximum Gasteiger partial charge on any atom is 0.131 e. The Hall–Kier alpha value is -5.02. The van der Waals surface area contributed by atoms with E-state index in [9.17, 15) is 0 Å². The van der Waals surface area contributed by atoms with Gasteiger partial charge < -0.3 is 4.74 Å². The van der Waals surface area contributed by atoms with Crippen LogP contribution in [-0.2, 0) is 0 Å². The maximum absolute atomic E-state index is 8.57. The van der Waals surface area contributed by atoms with Crippen molar-refractivity contribution in [3.05, 3.63) is 143 Å². The molecule has 0 saturated carbocycles. The minimum absolute atomic E-state index is 0.155. The van der Waals surface area contributed by atoms with Crippen LogP contribution in [0.5, 0.6) is 11.5 Å². The largest absolute Gasteiger partial charge is 0.457 e. The number of rotatable bonds is 6. The van der Waals surface area contributed by atoms with Crippen LogP contribution in [0.1, 0.15) is 37.5 Å². The molecule has 2 heterocycles. The predicted octanol–water partition coefficient (Wildman–Crippen LogP) is 10.8. The normalized spacial score (nSPS) is 12.3. The summed E-state index contributed by atoms with van der Waals surface area (Å²) in [6.45, 7) is 7.93. The average molecular weight is 564 g/mol. The summed E-state index contributed by atoms with van der Waals surface area (Å²) in [5.74, 6) is 0.781. The summed E-state index contributed by atoms with van der Waals surface area (Å²) in [7, 11) is 0. The molecule has 0 radical (unpaired) electrons. The molecule has 4 aromatic carbocycles. The van der Waals surface area contributed by atoms with Gasteiger partial charge in [0, 0.05) is 27.6 Å². The Labute approximate surface area is 259 Å². The first-order chi connectivity index (χ1) is 22.0. The highest BCUT2D eigenvalue weighted by Gasteiger charge is 2.15. The lowest BCUT2D eigenvalue weighted by atomic mass is 9.95. The first-order valence-electron chi connectivity index (χ1n) is 16.0. The minimum atomic E-state index is -2.44. The predicted molar refractivity (Wildman–Crippen MR) is 179 cm³/mol. The highest BCUT2D eigenvalue weighted by atomic mass is 16.5. The van der Waals surface area contributed by atoms with E-state index in [0.717, 1.165) is 50.3 Å². The van der Waals surface area contributed by atoms with E-state index in [1.165, 1.54) is 16.7 Å². The van der Waals surface area contributed by atoms with Gasteiger partial charge in [0.05, 0.1) is 11.4 Å². The molecule has 6 aromatic rings. The number of pyridine rings is 2. The van der Waals surface area contributed by atoms with Crippen molar-refractivity contribution in [3.8, 4) is 56.3 Å². The number of aryl methyl sites for hydroxylation is 5. The Balaban J connectivity index is 1.47. The Kier molecular flexibility index (Phi) is 6.68. The fourth-order valence-electron chi connectivity index (χ4n) is 5.40. The van der Waals surface area contributed by atoms with Gasteiger partial charge in [0.25, 0.3) is 0 Å². The number of benzene rings is 4. The van der Waals surface area contributed by atoms with Crippen molar-refractivity contribution < 1.29 is 8.85 Å². The molecule has 2 aromatic heterocycles. The molecule has 3 heteroatoms. The van der Waals surface area contributed by atoms with Gasteiger partial charge in [-0.15, -0.1) is 0 Å². The number of ether oxygens (including phenoxy) is 1. The van der Waals surface area contributed by atoms with E-state index >= 15 is 0 Å². The number of hydrogen-bond acceptors (Lipinski definition) is 3. The maximum atomic E-state index is 8.57. The van der Waals surface area contributed by atoms with E-state index in [1.807, 2.05) is 93.0 Å². The summed E-state index contributed by atoms with van der Waals surface area (Å²) < 4.78 is 32.2. The van der Waals surface area contributed by atoms with Gasteiger partial charge in [0.1, 0.15) is 11.5 Å². The summed E-state index contributed by atoms with van der Waals surface area (Å²) in [4.78, 5) is 9.44. The standard InChI is InChI=1S/C40H36N2O/c1-25-15-16-35(27(3)17-25)36-22-39(42-24-29(36)5)32-13-10-14-34(19-32)43-40-21-33(38-18-26(2)28(4)23-41-38)20-37(30(40)6)31-11-8-7-9-12-31/h7-24H,1-6H3/i6D3. The second-order valence-corrected chi connectivity index (χ2v) is 11.2. The van der Waals surface area contributed by atoms with Gasteiger partial charge in [-0.1, -0.05) is 66.2 Å². The van der Waals surface area contributed by atoms with Crippen molar-refractivity contribution in [3.63, 3.8) is 0 Å². The van der Waals surface area contributed by atoms with Gasteiger partial charge in [-0.05, 0) is 128 Å². The first kappa shape index (κ1) is 24.6. The lowest BCUT2D eigenvalue weighted by Gasteiger charge is -2.17. The molecule has 0 spiro atoms. The first-order valence-corrected chi connectivity index (χ1v) is 14.5. The second-order valence-electron chi connectivity index (χ2n) is 11.2. The molecule has 0 aliphatic carbocycles. The Morgan fingerprint density at radius 1 is 0.535 bits per heavy atom. The summed E-state index contributed by atoms with van der Waals surface area (Å²) in [5.41, 5.74) is 12.8. The molecule has 0 unspecified atom stereocenters. The van der Waals surface area contributed by atoms with Crippen LogP contribution in [0.15, 0.2) is 109 Å². The number of nitrogens with zero attached hydrogens (tertiary/aromatic N) is 2. The van der Waals surface area contributed by atoms with Crippen molar-refractivity contribution in [1.29, 1.82) is 0 Å². The third-order valence-electron chi connectivity index (χ3n) is 7.99. The van der Waals surface area contributed by atoms with Gasteiger partial charge in [-0.3, -0.25) is 9.97 Å². The zero-order valence-corrected chi connectivity index (χ0v) is 25.2. The third kappa shape index (κ3) is 5.85. The van der Waals surface area contributed by atoms with Crippen LogP contribution in [0.4, 0.5) is 0 Å². The molecule has 6 rings (SSSR count). The van der Waals surface area contributed by atoms with Crippen LogP contribution in [0.3, 0.4) is 0 Å².